The van der Waals surface area contributed by atoms with Crippen LogP contribution in [-0.2, 0) is 9.53 Å². The quantitative estimate of drug-likeness (QED) is 0.580. The zero-order valence-corrected chi connectivity index (χ0v) is 9.77. The van der Waals surface area contributed by atoms with Crippen LogP contribution in [0, 0.1) is 4.91 Å². The molecule has 0 bridgehead atoms. The number of rotatable bonds is 4. The number of nitrogens with zero attached hydrogens (tertiary/aromatic N) is 1. The van der Waals surface area contributed by atoms with Gasteiger partial charge < -0.3 is 4.74 Å². The van der Waals surface area contributed by atoms with Crippen LogP contribution in [-0.4, -0.2) is 24.4 Å². The average Bonchev–Trinajstić information content (AvgIpc) is 2.28. The fourth-order valence-electron chi connectivity index (χ4n) is 1.38. The molecule has 0 saturated heterocycles. The van der Waals surface area contributed by atoms with Crippen LogP contribution in [0.3, 0.4) is 0 Å². The molecule has 0 aliphatic carbocycles. The highest BCUT2D eigenvalue weighted by Crippen LogP contribution is 2.20. The van der Waals surface area contributed by atoms with Crippen LogP contribution in [0.4, 0.5) is 5.69 Å². The van der Waals surface area contributed by atoms with Crippen molar-refractivity contribution in [2.24, 2.45) is 0 Å². The maximum atomic E-state index is 11.5. The highest BCUT2D eigenvalue weighted by Gasteiger charge is 2.17. The van der Waals surface area contributed by atoms with Gasteiger partial charge in [-0.1, -0.05) is 12.1 Å². The summed E-state index contributed by atoms with van der Waals surface area (Å²) in [5.41, 5.74) is 1.42. The number of nitroso groups, excluding NO2 is 1. The molecule has 0 spiro atoms. The summed E-state index contributed by atoms with van der Waals surface area (Å²) in [5.74, 6) is -0.545. The number of benzene rings is 1. The van der Waals surface area contributed by atoms with Gasteiger partial charge in [-0.05, 0) is 19.4 Å². The van der Waals surface area contributed by atoms with E-state index in [-0.39, 0.29) is 11.9 Å². The maximum absolute atomic E-state index is 11.5. The van der Waals surface area contributed by atoms with E-state index in [1.807, 2.05) is 0 Å². The molecule has 4 heteroatoms. The lowest BCUT2D eigenvalue weighted by atomic mass is 10.0. The van der Waals surface area contributed by atoms with E-state index in [9.17, 15) is 9.70 Å². The molecule has 0 aliphatic heterocycles. The van der Waals surface area contributed by atoms with Crippen LogP contribution in [0.1, 0.15) is 25.3 Å². The summed E-state index contributed by atoms with van der Waals surface area (Å²) >= 11 is 0. The molecule has 0 heterocycles. The van der Waals surface area contributed by atoms with Gasteiger partial charge in [-0.15, -0.1) is 0 Å². The van der Waals surface area contributed by atoms with Crippen molar-refractivity contribution >= 4 is 11.7 Å². The van der Waals surface area contributed by atoms with Crippen molar-refractivity contribution in [3.05, 3.63) is 34.7 Å². The third-order valence-corrected chi connectivity index (χ3v) is 2.40. The summed E-state index contributed by atoms with van der Waals surface area (Å²) in [5, 5.41) is 0. The first kappa shape index (κ1) is 12.4. The third-order valence-electron chi connectivity index (χ3n) is 2.40. The van der Waals surface area contributed by atoms with Crippen LogP contribution in [0.2, 0.25) is 0 Å². The summed E-state index contributed by atoms with van der Waals surface area (Å²) in [4.78, 5) is 22.5. The van der Waals surface area contributed by atoms with Crippen LogP contribution < -0.4 is 0 Å². The van der Waals surface area contributed by atoms with Gasteiger partial charge in [0, 0.05) is 21.8 Å². The molecule has 0 aliphatic rings. The minimum Gasteiger partial charge on any atom is -0.466 e. The fourth-order valence-corrected chi connectivity index (χ4v) is 1.38. The van der Waals surface area contributed by atoms with E-state index in [0.717, 1.165) is 10.3 Å². The van der Waals surface area contributed by atoms with Crippen molar-refractivity contribution < 1.29 is 14.3 Å². The zero-order valence-electron chi connectivity index (χ0n) is 9.77. The second kappa shape index (κ2) is 5.39. The van der Waals surface area contributed by atoms with Crippen molar-refractivity contribution in [3.8, 4) is 0 Å². The molecule has 4 nitrogen and oxygen atoms in total. The molecule has 0 radical (unpaired) electrons. The Balaban J connectivity index is 2.81. The number of carbonyl (C=O) groups is 1. The maximum Gasteiger partial charge on any atom is 0.313 e. The number of carbonyl (C=O) groups excluding carboxylic acids is 1. The zero-order chi connectivity index (χ0) is 12.1. The molecule has 1 aromatic rings. The van der Waals surface area contributed by atoms with Crippen molar-refractivity contribution in [1.29, 1.82) is 0 Å². The number of esters is 1. The SMILES string of the molecule is CCOC(=O)C(C)c1ccc([N+](C)=O)cc1. The molecule has 0 saturated carbocycles. The van der Waals surface area contributed by atoms with Gasteiger partial charge in [-0.25, -0.2) is 0 Å². The molecular formula is C12H16NO3+. The van der Waals surface area contributed by atoms with Gasteiger partial charge in [0.1, 0.15) is 0 Å². The normalized spacial score (nSPS) is 11.9. The third kappa shape index (κ3) is 2.89. The lowest BCUT2D eigenvalue weighted by Gasteiger charge is -2.09. The Morgan fingerprint density at radius 2 is 1.94 bits per heavy atom. The molecule has 16 heavy (non-hydrogen) atoms. The number of hydrogen-bond donors (Lipinski definition) is 0. The first-order valence-corrected chi connectivity index (χ1v) is 5.23. The Morgan fingerprint density at radius 3 is 2.38 bits per heavy atom. The molecule has 0 fully saturated rings. The van der Waals surface area contributed by atoms with E-state index in [1.54, 1.807) is 38.1 Å². The molecule has 0 aromatic heterocycles. The fraction of sp³-hybridized carbons (Fsp3) is 0.417. The van der Waals surface area contributed by atoms with Gasteiger partial charge in [0.15, 0.2) is 7.05 Å². The molecule has 1 aromatic carbocycles. The lowest BCUT2D eigenvalue weighted by molar-refractivity contribution is -0.428. The van der Waals surface area contributed by atoms with Crippen LogP contribution >= 0.6 is 0 Å². The van der Waals surface area contributed by atoms with Gasteiger partial charge in [-0.3, -0.25) is 4.79 Å². The van der Waals surface area contributed by atoms with Crippen LogP contribution in [0.5, 0.6) is 0 Å². The Morgan fingerprint density at radius 1 is 1.38 bits per heavy atom. The second-order valence-corrected chi connectivity index (χ2v) is 3.56. The van der Waals surface area contributed by atoms with Crippen molar-refractivity contribution in [2.45, 2.75) is 19.8 Å². The summed E-state index contributed by atoms with van der Waals surface area (Å²) in [6.07, 6.45) is 0. The molecule has 0 amide bonds. The predicted octanol–water partition coefficient (Wildman–Crippen LogP) is 2.39. The topological polar surface area (TPSA) is 46.4 Å². The van der Waals surface area contributed by atoms with Crippen LogP contribution in [0.25, 0.3) is 0 Å². The average molecular weight is 222 g/mol. The first-order valence-electron chi connectivity index (χ1n) is 5.23. The van der Waals surface area contributed by atoms with E-state index < -0.39 is 0 Å². The standard InChI is InChI=1S/C12H16NO3/c1-4-16-12(14)9(2)10-5-7-11(8-6-10)13(3)15/h5-9H,4H2,1-3H3/q+1. The summed E-state index contributed by atoms with van der Waals surface area (Å²) < 4.78 is 5.70. The van der Waals surface area contributed by atoms with Crippen molar-refractivity contribution in [2.75, 3.05) is 13.7 Å². The van der Waals surface area contributed by atoms with E-state index in [1.165, 1.54) is 7.05 Å². The summed E-state index contributed by atoms with van der Waals surface area (Å²) in [7, 11) is 1.43. The largest absolute Gasteiger partial charge is 0.466 e. The Hall–Kier alpha value is -1.71. The first-order chi connectivity index (χ1) is 7.56. The van der Waals surface area contributed by atoms with Crippen molar-refractivity contribution in [3.63, 3.8) is 0 Å². The minimum atomic E-state index is -0.300. The smallest absolute Gasteiger partial charge is 0.313 e. The molecule has 0 N–H and O–H groups in total. The van der Waals surface area contributed by atoms with E-state index in [4.69, 9.17) is 4.74 Å². The highest BCUT2D eigenvalue weighted by atomic mass is 16.5. The summed E-state index contributed by atoms with van der Waals surface area (Å²) in [6.45, 7) is 3.94. The number of ether oxygens (including phenoxy) is 1. The Kier molecular flexibility index (Phi) is 4.17. The van der Waals surface area contributed by atoms with E-state index in [0.29, 0.717) is 12.3 Å². The van der Waals surface area contributed by atoms with E-state index in [2.05, 4.69) is 0 Å². The molecular weight excluding hydrogens is 206 g/mol. The Labute approximate surface area is 94.8 Å². The monoisotopic (exact) mass is 222 g/mol. The molecule has 1 atom stereocenters. The molecule has 86 valence electrons. The Bertz CT molecular complexity index is 384. The second-order valence-electron chi connectivity index (χ2n) is 3.56. The van der Waals surface area contributed by atoms with Gasteiger partial charge >= 0.3 is 5.97 Å². The van der Waals surface area contributed by atoms with Gasteiger partial charge in [-0.2, -0.15) is 0 Å². The predicted molar refractivity (Wildman–Crippen MR) is 60.7 cm³/mol. The van der Waals surface area contributed by atoms with Crippen LogP contribution in [0.15, 0.2) is 24.3 Å². The molecule has 1 unspecified atom stereocenters. The van der Waals surface area contributed by atoms with E-state index >= 15 is 0 Å². The highest BCUT2D eigenvalue weighted by molar-refractivity contribution is 5.77. The lowest BCUT2D eigenvalue weighted by Crippen LogP contribution is -2.12. The summed E-state index contributed by atoms with van der Waals surface area (Å²) in [6, 6.07) is 6.92. The molecule has 1 rings (SSSR count). The minimum absolute atomic E-state index is 0.245. The number of hydrogen-bond acceptors (Lipinski definition) is 3. The van der Waals surface area contributed by atoms with Gasteiger partial charge in [0.2, 0.25) is 0 Å². The van der Waals surface area contributed by atoms with Gasteiger partial charge in [0.05, 0.1) is 12.5 Å². The van der Waals surface area contributed by atoms with Gasteiger partial charge in [0.25, 0.3) is 5.69 Å². The van der Waals surface area contributed by atoms with Crippen molar-refractivity contribution in [1.82, 2.24) is 0 Å².